The summed E-state index contributed by atoms with van der Waals surface area (Å²) in [5, 5.41) is 18.3. The van der Waals surface area contributed by atoms with Gasteiger partial charge in [-0.1, -0.05) is 12.1 Å². The fourth-order valence-corrected chi connectivity index (χ4v) is 1.10. The van der Waals surface area contributed by atoms with E-state index in [0.29, 0.717) is 11.1 Å². The zero-order valence-corrected chi connectivity index (χ0v) is 8.30. The highest BCUT2D eigenvalue weighted by molar-refractivity contribution is 5.89. The fraction of sp³-hybridized carbons (Fsp3) is 0.300. The third-order valence-corrected chi connectivity index (χ3v) is 2.05. The van der Waals surface area contributed by atoms with Gasteiger partial charge in [0, 0.05) is 5.56 Å². The summed E-state index contributed by atoms with van der Waals surface area (Å²) >= 11 is 0. The van der Waals surface area contributed by atoms with Crippen LogP contribution in [-0.2, 0) is 10.5 Å². The lowest BCUT2D eigenvalue weighted by Crippen LogP contribution is -2.40. The lowest BCUT2D eigenvalue weighted by molar-refractivity contribution is -0.0136. The number of aliphatic hydroxyl groups excluding tert-OH is 1. The van der Waals surface area contributed by atoms with Crippen LogP contribution in [0.2, 0.25) is 0 Å². The van der Waals surface area contributed by atoms with Gasteiger partial charge in [0.25, 0.3) is 0 Å². The molecule has 1 aromatic rings. The van der Waals surface area contributed by atoms with Crippen molar-refractivity contribution in [2.75, 3.05) is 13.7 Å². The molecule has 0 amide bonds. The van der Waals surface area contributed by atoms with E-state index in [9.17, 15) is 9.90 Å². The summed E-state index contributed by atoms with van der Waals surface area (Å²) in [5.41, 5.74) is 4.29. The van der Waals surface area contributed by atoms with Crippen molar-refractivity contribution in [3.05, 3.63) is 35.4 Å². The summed E-state index contributed by atoms with van der Waals surface area (Å²) in [4.78, 5) is 11.1. The van der Waals surface area contributed by atoms with E-state index in [4.69, 9.17) is 10.8 Å². The molecule has 0 fully saturated rings. The molecule has 0 spiro atoms. The van der Waals surface area contributed by atoms with Crippen LogP contribution in [0.3, 0.4) is 0 Å². The highest BCUT2D eigenvalue weighted by Gasteiger charge is 2.22. The zero-order chi connectivity index (χ0) is 11.5. The van der Waals surface area contributed by atoms with Gasteiger partial charge in [-0.25, -0.2) is 4.79 Å². The quantitative estimate of drug-likeness (QED) is 0.466. The summed E-state index contributed by atoms with van der Waals surface area (Å²) in [6.07, 6.45) is 0. The van der Waals surface area contributed by atoms with Crippen LogP contribution in [0.4, 0.5) is 0 Å². The Labute approximate surface area is 87.1 Å². The van der Waals surface area contributed by atoms with E-state index < -0.39 is 18.3 Å². The maximum atomic E-state index is 11.1. The number of esters is 1. The van der Waals surface area contributed by atoms with Gasteiger partial charge in [-0.05, 0) is 12.1 Å². The molecule has 1 atom stereocenters. The number of carbonyl (C=O) groups is 1. The number of hydrogen-bond acceptors (Lipinski definition) is 5. The molecule has 15 heavy (non-hydrogen) atoms. The number of ether oxygens (including phenoxy) is 1. The summed E-state index contributed by atoms with van der Waals surface area (Å²) in [6, 6.07) is 5.86. The van der Waals surface area contributed by atoms with E-state index in [1.54, 1.807) is 0 Å². The van der Waals surface area contributed by atoms with Gasteiger partial charge in [0.05, 0.1) is 19.3 Å². The molecule has 0 aromatic heterocycles. The fourth-order valence-electron chi connectivity index (χ4n) is 1.10. The molecule has 0 aliphatic carbocycles. The first kappa shape index (κ1) is 11.6. The molecule has 5 nitrogen and oxygen atoms in total. The smallest absolute Gasteiger partial charge is 0.337 e. The number of carbonyl (C=O) groups excluding carboxylic acids is 1. The van der Waals surface area contributed by atoms with Gasteiger partial charge in [0.1, 0.15) is 0 Å². The molecule has 0 heterocycles. The van der Waals surface area contributed by atoms with Crippen molar-refractivity contribution in [1.82, 2.24) is 0 Å². The second kappa shape index (κ2) is 4.39. The third-order valence-electron chi connectivity index (χ3n) is 2.05. The molecule has 0 saturated carbocycles. The molecular weight excluding hydrogens is 198 g/mol. The van der Waals surface area contributed by atoms with Crippen molar-refractivity contribution in [3.63, 3.8) is 0 Å². The zero-order valence-electron chi connectivity index (χ0n) is 8.30. The Balaban J connectivity index is 2.95. The van der Waals surface area contributed by atoms with Crippen LogP contribution in [0.25, 0.3) is 0 Å². The van der Waals surface area contributed by atoms with Crippen LogP contribution in [0.1, 0.15) is 15.9 Å². The van der Waals surface area contributed by atoms with Crippen molar-refractivity contribution in [3.8, 4) is 0 Å². The van der Waals surface area contributed by atoms with E-state index in [0.717, 1.165) is 0 Å². The topological polar surface area (TPSA) is 92.8 Å². The monoisotopic (exact) mass is 211 g/mol. The first-order valence-corrected chi connectivity index (χ1v) is 4.32. The maximum absolute atomic E-state index is 11.1. The number of benzene rings is 1. The molecule has 5 heteroatoms. The Morgan fingerprint density at radius 3 is 2.40 bits per heavy atom. The summed E-state index contributed by atoms with van der Waals surface area (Å²) in [6.45, 7) is -0.593. The van der Waals surface area contributed by atoms with Crippen molar-refractivity contribution < 1.29 is 19.7 Å². The molecule has 0 bridgehead atoms. The van der Waals surface area contributed by atoms with Crippen molar-refractivity contribution in [2.24, 2.45) is 5.73 Å². The highest BCUT2D eigenvalue weighted by atomic mass is 16.5. The predicted molar refractivity (Wildman–Crippen MR) is 53.0 cm³/mol. The minimum absolute atomic E-state index is 0.331. The van der Waals surface area contributed by atoms with E-state index in [2.05, 4.69) is 4.74 Å². The molecule has 82 valence electrons. The average Bonchev–Trinajstić information content (AvgIpc) is 2.28. The van der Waals surface area contributed by atoms with Gasteiger partial charge >= 0.3 is 5.97 Å². The Hall–Kier alpha value is -1.43. The van der Waals surface area contributed by atoms with E-state index >= 15 is 0 Å². The van der Waals surface area contributed by atoms with Gasteiger partial charge in [-0.3, -0.25) is 5.73 Å². The minimum atomic E-state index is -1.78. The number of methoxy groups -OCH3 is 1. The second-order valence-corrected chi connectivity index (χ2v) is 3.15. The lowest BCUT2D eigenvalue weighted by atomic mass is 10.0. The number of rotatable bonds is 3. The standard InChI is InChI=1S/C10H13NO4/c1-15-9(13)7-2-4-8(5-3-7)10(11,14)6-12/h2-5,12,14H,6,11H2,1H3. The molecule has 1 unspecified atom stereocenters. The van der Waals surface area contributed by atoms with Crippen LogP contribution in [0.5, 0.6) is 0 Å². The number of aliphatic hydroxyl groups is 2. The van der Waals surface area contributed by atoms with Gasteiger partial charge in [0.2, 0.25) is 0 Å². The highest BCUT2D eigenvalue weighted by Crippen LogP contribution is 2.15. The molecule has 0 aliphatic rings. The number of hydrogen-bond donors (Lipinski definition) is 3. The molecule has 0 aliphatic heterocycles. The van der Waals surface area contributed by atoms with Crippen LogP contribution >= 0.6 is 0 Å². The molecule has 0 saturated heterocycles. The van der Waals surface area contributed by atoms with Gasteiger partial charge in [-0.2, -0.15) is 0 Å². The second-order valence-electron chi connectivity index (χ2n) is 3.15. The molecule has 0 radical (unpaired) electrons. The largest absolute Gasteiger partial charge is 0.465 e. The Morgan fingerprint density at radius 1 is 1.47 bits per heavy atom. The average molecular weight is 211 g/mol. The maximum Gasteiger partial charge on any atom is 0.337 e. The first-order valence-electron chi connectivity index (χ1n) is 4.32. The van der Waals surface area contributed by atoms with E-state index in [1.807, 2.05) is 0 Å². The molecular formula is C10H13NO4. The molecule has 4 N–H and O–H groups in total. The van der Waals surface area contributed by atoms with E-state index in [-0.39, 0.29) is 0 Å². The van der Waals surface area contributed by atoms with Gasteiger partial charge in [-0.15, -0.1) is 0 Å². The normalized spacial score (nSPS) is 14.4. The summed E-state index contributed by atoms with van der Waals surface area (Å²) < 4.78 is 4.51. The Morgan fingerprint density at radius 2 is 2.00 bits per heavy atom. The SMILES string of the molecule is COC(=O)c1ccc(C(N)(O)CO)cc1. The number of nitrogens with two attached hydrogens (primary N) is 1. The summed E-state index contributed by atoms with van der Waals surface area (Å²) in [5.74, 6) is -0.467. The lowest BCUT2D eigenvalue weighted by Gasteiger charge is -2.20. The Bertz CT molecular complexity index is 345. The van der Waals surface area contributed by atoms with Crippen LogP contribution in [-0.4, -0.2) is 29.9 Å². The van der Waals surface area contributed by atoms with Crippen LogP contribution < -0.4 is 5.73 Å². The van der Waals surface area contributed by atoms with Crippen LogP contribution in [0.15, 0.2) is 24.3 Å². The molecule has 1 rings (SSSR count). The predicted octanol–water partition coefficient (Wildman–Crippen LogP) is -0.431. The van der Waals surface area contributed by atoms with Gasteiger partial charge < -0.3 is 14.9 Å². The van der Waals surface area contributed by atoms with Gasteiger partial charge in [0.15, 0.2) is 5.72 Å². The third kappa shape index (κ3) is 2.53. The van der Waals surface area contributed by atoms with Crippen molar-refractivity contribution in [2.45, 2.75) is 5.72 Å². The minimum Gasteiger partial charge on any atom is -0.465 e. The van der Waals surface area contributed by atoms with E-state index in [1.165, 1.54) is 31.4 Å². The van der Waals surface area contributed by atoms with Crippen molar-refractivity contribution in [1.29, 1.82) is 0 Å². The Kier molecular flexibility index (Phi) is 3.41. The summed E-state index contributed by atoms with van der Waals surface area (Å²) in [7, 11) is 1.28. The van der Waals surface area contributed by atoms with Crippen molar-refractivity contribution >= 4 is 5.97 Å². The first-order chi connectivity index (χ1) is 7.01. The molecule has 1 aromatic carbocycles. The van der Waals surface area contributed by atoms with Crippen LogP contribution in [0, 0.1) is 0 Å².